The normalized spacial score (nSPS) is 10.7. The molecule has 2 rings (SSSR count). The highest BCUT2D eigenvalue weighted by Gasteiger charge is 2.05. The molecule has 2 aromatic rings. The first-order valence-corrected chi connectivity index (χ1v) is 5.03. The molecule has 0 amide bonds. The van der Waals surface area contributed by atoms with Gasteiger partial charge in [-0.25, -0.2) is 4.39 Å². The fourth-order valence-electron chi connectivity index (χ4n) is 1.11. The summed E-state index contributed by atoms with van der Waals surface area (Å²) in [6, 6.07) is 5.22. The molecule has 1 heterocycles. The van der Waals surface area contributed by atoms with Crippen molar-refractivity contribution in [2.75, 3.05) is 0 Å². The fraction of sp³-hybridized carbons (Fsp3) is 0. The Morgan fingerprint density at radius 3 is 2.92 bits per heavy atom. The average molecular weight is 307 g/mol. The van der Waals surface area contributed by atoms with Gasteiger partial charge >= 0.3 is 0 Å². The van der Waals surface area contributed by atoms with Gasteiger partial charge in [0.2, 0.25) is 0 Å². The molecule has 0 aliphatic rings. The van der Waals surface area contributed by atoms with E-state index in [2.05, 4.69) is 4.98 Å². The van der Waals surface area contributed by atoms with Crippen molar-refractivity contribution in [1.29, 1.82) is 0 Å². The number of aromatic nitrogens is 1. The summed E-state index contributed by atoms with van der Waals surface area (Å²) in [5.74, 6) is -0.296. The van der Waals surface area contributed by atoms with Crippen LogP contribution in [0.3, 0.4) is 0 Å². The molecule has 66 valence electrons. The van der Waals surface area contributed by atoms with E-state index in [0.29, 0.717) is 8.59 Å². The summed E-state index contributed by atoms with van der Waals surface area (Å²) in [7, 11) is 0. The van der Waals surface area contributed by atoms with Gasteiger partial charge in [0.1, 0.15) is 0 Å². The van der Waals surface area contributed by atoms with E-state index in [9.17, 15) is 4.39 Å². The Hall–Kier alpha value is -0.420. The van der Waals surface area contributed by atoms with E-state index in [4.69, 9.17) is 11.6 Å². The molecule has 0 saturated heterocycles. The van der Waals surface area contributed by atoms with Gasteiger partial charge in [0.05, 0.1) is 15.3 Å². The molecule has 0 fully saturated rings. The number of hydrogen-bond acceptors (Lipinski definition) is 1. The van der Waals surface area contributed by atoms with Crippen LogP contribution in [0, 0.1) is 9.39 Å². The second-order valence-corrected chi connectivity index (χ2v) is 4.10. The first-order chi connectivity index (χ1) is 6.18. The van der Waals surface area contributed by atoms with Gasteiger partial charge in [-0.05, 0) is 34.7 Å². The zero-order chi connectivity index (χ0) is 9.42. The summed E-state index contributed by atoms with van der Waals surface area (Å²) in [4.78, 5) is 3.94. The molecule has 0 saturated carbocycles. The summed E-state index contributed by atoms with van der Waals surface area (Å²) in [5.41, 5.74) is 0.721. The molecule has 0 aliphatic carbocycles. The predicted octanol–water partition coefficient (Wildman–Crippen LogP) is 3.63. The van der Waals surface area contributed by atoms with E-state index in [-0.39, 0.29) is 5.82 Å². The molecule has 1 nitrogen and oxygen atoms in total. The lowest BCUT2D eigenvalue weighted by Gasteiger charge is -2.00. The zero-order valence-electron chi connectivity index (χ0n) is 6.39. The van der Waals surface area contributed by atoms with Crippen molar-refractivity contribution >= 4 is 45.1 Å². The molecule has 1 aromatic heterocycles. The molecular formula is C9H4ClFIN. The number of pyridine rings is 1. The summed E-state index contributed by atoms with van der Waals surface area (Å²) in [6.07, 6.45) is 1.21. The first-order valence-electron chi connectivity index (χ1n) is 3.58. The van der Waals surface area contributed by atoms with Crippen LogP contribution in [-0.4, -0.2) is 4.98 Å². The van der Waals surface area contributed by atoms with Gasteiger partial charge in [-0.1, -0.05) is 17.7 Å². The van der Waals surface area contributed by atoms with Gasteiger partial charge in [-0.3, -0.25) is 4.98 Å². The maximum absolute atomic E-state index is 13.0. The third-order valence-corrected chi connectivity index (χ3v) is 3.05. The van der Waals surface area contributed by atoms with E-state index in [1.54, 1.807) is 18.2 Å². The zero-order valence-corrected chi connectivity index (χ0v) is 9.30. The monoisotopic (exact) mass is 307 g/mol. The van der Waals surface area contributed by atoms with Crippen molar-refractivity contribution in [1.82, 2.24) is 4.98 Å². The van der Waals surface area contributed by atoms with Crippen LogP contribution in [0.2, 0.25) is 5.02 Å². The van der Waals surface area contributed by atoms with Gasteiger partial charge < -0.3 is 0 Å². The predicted molar refractivity (Wildman–Crippen MR) is 59.4 cm³/mol. The Morgan fingerprint density at radius 1 is 1.38 bits per heavy atom. The molecule has 0 bridgehead atoms. The lowest BCUT2D eigenvalue weighted by Crippen LogP contribution is -1.87. The molecule has 0 atom stereocenters. The largest absolute Gasteiger partial charge is 0.253 e. The van der Waals surface area contributed by atoms with Crippen LogP contribution in [0.5, 0.6) is 0 Å². The molecule has 13 heavy (non-hydrogen) atoms. The molecule has 1 aromatic carbocycles. The van der Waals surface area contributed by atoms with Crippen molar-refractivity contribution < 1.29 is 4.39 Å². The highest BCUT2D eigenvalue weighted by atomic mass is 127. The Balaban J connectivity index is 2.87. The highest BCUT2D eigenvalue weighted by molar-refractivity contribution is 14.1. The smallest absolute Gasteiger partial charge is 0.155 e. The van der Waals surface area contributed by atoms with Crippen LogP contribution in [0.25, 0.3) is 10.9 Å². The van der Waals surface area contributed by atoms with Crippen LogP contribution in [0.4, 0.5) is 4.39 Å². The molecule has 4 heteroatoms. The first kappa shape index (κ1) is 9.15. The standard InChI is InChI=1S/C9H4ClFIN/c10-5-1-2-6-8(3-5)13-4-7(11)9(6)12/h1-4H. The third-order valence-electron chi connectivity index (χ3n) is 1.72. The summed E-state index contributed by atoms with van der Waals surface area (Å²) in [6.45, 7) is 0. The molecule has 0 radical (unpaired) electrons. The Morgan fingerprint density at radius 2 is 2.15 bits per heavy atom. The number of rotatable bonds is 0. The summed E-state index contributed by atoms with van der Waals surface area (Å²) >= 11 is 7.73. The number of halogens is 3. The minimum atomic E-state index is -0.296. The minimum absolute atomic E-state index is 0.296. The number of nitrogens with zero attached hydrogens (tertiary/aromatic N) is 1. The lowest BCUT2D eigenvalue weighted by molar-refractivity contribution is 0.617. The van der Waals surface area contributed by atoms with Crippen LogP contribution >= 0.6 is 34.2 Å². The lowest BCUT2D eigenvalue weighted by atomic mass is 10.2. The molecule has 0 N–H and O–H groups in total. The van der Waals surface area contributed by atoms with Crippen molar-refractivity contribution in [3.05, 3.63) is 38.8 Å². The summed E-state index contributed by atoms with van der Waals surface area (Å²) in [5, 5.41) is 1.41. The quantitative estimate of drug-likeness (QED) is 0.677. The second kappa shape index (κ2) is 3.38. The van der Waals surface area contributed by atoms with Crippen LogP contribution < -0.4 is 0 Å². The van der Waals surface area contributed by atoms with Crippen LogP contribution in [0.15, 0.2) is 24.4 Å². The molecule has 0 unspecified atom stereocenters. The van der Waals surface area contributed by atoms with Gasteiger partial charge in [0, 0.05) is 10.4 Å². The van der Waals surface area contributed by atoms with E-state index in [1.807, 2.05) is 22.6 Å². The third kappa shape index (κ3) is 1.62. The van der Waals surface area contributed by atoms with Gasteiger partial charge in [-0.2, -0.15) is 0 Å². The SMILES string of the molecule is Fc1cnc2cc(Cl)ccc2c1I. The minimum Gasteiger partial charge on any atom is -0.253 e. The second-order valence-electron chi connectivity index (χ2n) is 2.58. The maximum atomic E-state index is 13.0. The fourth-order valence-corrected chi connectivity index (χ4v) is 1.87. The van der Waals surface area contributed by atoms with E-state index in [1.165, 1.54) is 6.20 Å². The highest BCUT2D eigenvalue weighted by Crippen LogP contribution is 2.23. The molecule has 0 aliphatic heterocycles. The van der Waals surface area contributed by atoms with Gasteiger partial charge in [0.15, 0.2) is 5.82 Å². The molecule has 0 spiro atoms. The van der Waals surface area contributed by atoms with Crippen molar-refractivity contribution in [2.24, 2.45) is 0 Å². The number of hydrogen-bond donors (Lipinski definition) is 0. The van der Waals surface area contributed by atoms with E-state index < -0.39 is 0 Å². The number of fused-ring (bicyclic) bond motifs is 1. The average Bonchev–Trinajstić information content (AvgIpc) is 2.12. The van der Waals surface area contributed by atoms with Crippen LogP contribution in [-0.2, 0) is 0 Å². The topological polar surface area (TPSA) is 12.9 Å². The van der Waals surface area contributed by atoms with Crippen molar-refractivity contribution in [2.45, 2.75) is 0 Å². The number of benzene rings is 1. The van der Waals surface area contributed by atoms with E-state index in [0.717, 1.165) is 10.9 Å². The van der Waals surface area contributed by atoms with E-state index >= 15 is 0 Å². The Kier molecular flexibility index (Phi) is 2.38. The van der Waals surface area contributed by atoms with Gasteiger partial charge in [0.25, 0.3) is 0 Å². The maximum Gasteiger partial charge on any atom is 0.155 e. The van der Waals surface area contributed by atoms with Crippen LogP contribution in [0.1, 0.15) is 0 Å². The van der Waals surface area contributed by atoms with Crippen molar-refractivity contribution in [3.8, 4) is 0 Å². The Bertz CT molecular complexity index is 472. The van der Waals surface area contributed by atoms with Crippen molar-refractivity contribution in [3.63, 3.8) is 0 Å². The molecular weight excluding hydrogens is 303 g/mol. The summed E-state index contributed by atoms with van der Waals surface area (Å²) < 4.78 is 13.6. The Labute approximate surface area is 93.1 Å². The van der Waals surface area contributed by atoms with Gasteiger partial charge in [-0.15, -0.1) is 0 Å².